The maximum absolute atomic E-state index is 13.2. The predicted octanol–water partition coefficient (Wildman–Crippen LogP) is 2.87. The van der Waals surface area contributed by atoms with Crippen molar-refractivity contribution in [2.45, 2.75) is 39.3 Å². The van der Waals surface area contributed by atoms with Gasteiger partial charge < -0.3 is 10.1 Å². The van der Waals surface area contributed by atoms with Crippen LogP contribution >= 0.6 is 11.6 Å². The lowest BCUT2D eigenvalue weighted by atomic mass is 9.81. The summed E-state index contributed by atoms with van der Waals surface area (Å²) in [6, 6.07) is 7.33. The zero-order valence-corrected chi connectivity index (χ0v) is 19.1. The molecule has 0 aromatic heterocycles. The van der Waals surface area contributed by atoms with Gasteiger partial charge in [-0.25, -0.2) is 15.6 Å². The highest BCUT2D eigenvalue weighted by molar-refractivity contribution is 6.39. The molecule has 0 fully saturated rings. The highest BCUT2D eigenvalue weighted by atomic mass is 35.5. The van der Waals surface area contributed by atoms with Crippen molar-refractivity contribution in [2.24, 2.45) is 5.84 Å². The van der Waals surface area contributed by atoms with E-state index in [1.807, 2.05) is 0 Å². The second-order valence-electron chi connectivity index (χ2n) is 8.43. The lowest BCUT2D eigenvalue weighted by Crippen LogP contribution is -2.53. The number of nitrogens with zero attached hydrogens (tertiary/aromatic N) is 1. The van der Waals surface area contributed by atoms with Gasteiger partial charge in [-0.3, -0.25) is 19.2 Å². The van der Waals surface area contributed by atoms with Crippen LogP contribution in [0, 0.1) is 0 Å². The summed E-state index contributed by atoms with van der Waals surface area (Å²) in [5.74, 6) is 2.69. The molecule has 3 N–H and O–H groups in total. The summed E-state index contributed by atoms with van der Waals surface area (Å²) in [5, 5.41) is 2.71. The van der Waals surface area contributed by atoms with E-state index in [0.717, 1.165) is 0 Å². The van der Waals surface area contributed by atoms with E-state index in [0.29, 0.717) is 5.01 Å². The molecule has 172 valence electrons. The van der Waals surface area contributed by atoms with Gasteiger partial charge in [-0.05, 0) is 39.8 Å². The summed E-state index contributed by atoms with van der Waals surface area (Å²) in [5.41, 5.74) is -1.10. The number of halogens is 1. The van der Waals surface area contributed by atoms with E-state index >= 15 is 0 Å². The Kier molecular flexibility index (Phi) is 6.40. The number of fused-ring (bicyclic) bond motifs is 2. The molecule has 2 aromatic carbocycles. The molecule has 0 spiro atoms. The molecule has 10 heteroatoms. The van der Waals surface area contributed by atoms with Gasteiger partial charge in [0.1, 0.15) is 11.6 Å². The van der Waals surface area contributed by atoms with Gasteiger partial charge in [0.25, 0.3) is 11.8 Å². The Morgan fingerprint density at radius 1 is 1.00 bits per heavy atom. The van der Waals surface area contributed by atoms with Crippen LogP contribution in [0.15, 0.2) is 36.4 Å². The molecule has 33 heavy (non-hydrogen) atoms. The van der Waals surface area contributed by atoms with Gasteiger partial charge in [0.15, 0.2) is 11.6 Å². The van der Waals surface area contributed by atoms with Crippen molar-refractivity contribution < 1.29 is 28.7 Å². The van der Waals surface area contributed by atoms with Crippen LogP contribution in [0.3, 0.4) is 0 Å². The number of hydrazine groups is 1. The number of hydrogen-bond donors (Lipinski definition) is 2. The third-order valence-corrected chi connectivity index (χ3v) is 5.13. The second kappa shape index (κ2) is 8.76. The average Bonchev–Trinajstić information content (AvgIpc) is 2.73. The lowest BCUT2D eigenvalue weighted by Gasteiger charge is -2.25. The number of nitrogens with one attached hydrogen (secondary N) is 1. The average molecular weight is 472 g/mol. The molecule has 0 saturated carbocycles. The molecule has 3 amide bonds. The minimum Gasteiger partial charge on any atom is -0.444 e. The normalized spacial score (nSPS) is 13.5. The fourth-order valence-electron chi connectivity index (χ4n) is 3.36. The number of hydrogen-bond acceptors (Lipinski definition) is 7. The van der Waals surface area contributed by atoms with Crippen LogP contribution in [0.1, 0.15) is 69.9 Å². The van der Waals surface area contributed by atoms with Crippen LogP contribution < -0.4 is 11.2 Å². The molecule has 3 rings (SSSR count). The second-order valence-corrected chi connectivity index (χ2v) is 8.84. The van der Waals surface area contributed by atoms with Crippen molar-refractivity contribution in [3.63, 3.8) is 0 Å². The van der Waals surface area contributed by atoms with Crippen LogP contribution in [-0.2, 0) is 9.53 Å². The SMILES string of the molecule is C[C@H](NC(=O)OC(C)(C)C)C(=O)N(N)C(=O)c1cccc2c1C(=O)c1cccc(Cl)c1C2=O. The zero-order valence-electron chi connectivity index (χ0n) is 18.4. The van der Waals surface area contributed by atoms with Crippen LogP contribution in [-0.4, -0.2) is 46.1 Å². The number of alkyl carbamates (subject to hydrolysis) is 1. The highest BCUT2D eigenvalue weighted by Gasteiger charge is 2.36. The Labute approximate surface area is 194 Å². The van der Waals surface area contributed by atoms with E-state index in [1.54, 1.807) is 20.8 Å². The van der Waals surface area contributed by atoms with Crippen LogP contribution in [0.2, 0.25) is 5.02 Å². The molecule has 2 aromatic rings. The molecular formula is C23H22ClN3O6. The molecule has 0 radical (unpaired) electrons. The summed E-state index contributed by atoms with van der Waals surface area (Å²) in [7, 11) is 0. The van der Waals surface area contributed by atoms with Gasteiger partial charge in [-0.15, -0.1) is 0 Å². The largest absolute Gasteiger partial charge is 0.444 e. The molecular weight excluding hydrogens is 450 g/mol. The summed E-state index contributed by atoms with van der Waals surface area (Å²) in [6.07, 6.45) is -0.865. The first-order chi connectivity index (χ1) is 15.3. The number of amides is 3. The van der Waals surface area contributed by atoms with Crippen molar-refractivity contribution in [1.82, 2.24) is 10.3 Å². The quantitative estimate of drug-likeness (QED) is 0.340. The van der Waals surface area contributed by atoms with E-state index in [4.69, 9.17) is 22.2 Å². The molecule has 0 unspecified atom stereocenters. The Hall–Kier alpha value is -3.56. The number of ketones is 2. The number of imide groups is 1. The number of carbonyl (C=O) groups is 5. The van der Waals surface area contributed by atoms with E-state index in [9.17, 15) is 24.0 Å². The third-order valence-electron chi connectivity index (χ3n) is 4.81. The molecule has 1 aliphatic carbocycles. The summed E-state index contributed by atoms with van der Waals surface area (Å²) < 4.78 is 5.09. The molecule has 1 atom stereocenters. The third kappa shape index (κ3) is 4.64. The summed E-state index contributed by atoms with van der Waals surface area (Å²) in [4.78, 5) is 63.8. The van der Waals surface area contributed by atoms with Gasteiger partial charge in [-0.2, -0.15) is 0 Å². The minimum atomic E-state index is -1.20. The first-order valence-electron chi connectivity index (χ1n) is 9.97. The fourth-order valence-corrected chi connectivity index (χ4v) is 3.62. The van der Waals surface area contributed by atoms with Gasteiger partial charge in [0.05, 0.1) is 16.1 Å². The standard InChI is InChI=1S/C23H22ClN3O6/c1-11(26-22(32)33-23(2,3)4)20(30)27(25)21(31)14-9-5-7-12-16(14)18(28)13-8-6-10-15(24)17(13)19(12)29/h5-11H,25H2,1-4H3,(H,26,32)/t11-/m0/s1. The van der Waals surface area contributed by atoms with Gasteiger partial charge in [-0.1, -0.05) is 35.9 Å². The Bertz CT molecular complexity index is 1200. The Balaban J connectivity index is 1.90. The van der Waals surface area contributed by atoms with E-state index in [1.165, 1.54) is 43.3 Å². The molecule has 1 aliphatic rings. The number of rotatable bonds is 3. The maximum atomic E-state index is 13.2. The predicted molar refractivity (Wildman–Crippen MR) is 119 cm³/mol. The smallest absolute Gasteiger partial charge is 0.408 e. The minimum absolute atomic E-state index is 0.0211. The van der Waals surface area contributed by atoms with Crippen molar-refractivity contribution in [3.8, 4) is 0 Å². The van der Waals surface area contributed by atoms with Crippen molar-refractivity contribution >= 4 is 41.1 Å². The Morgan fingerprint density at radius 3 is 2.15 bits per heavy atom. The van der Waals surface area contributed by atoms with Gasteiger partial charge in [0, 0.05) is 16.7 Å². The number of carbonyl (C=O) groups excluding carboxylic acids is 5. The molecule has 0 bridgehead atoms. The van der Waals surface area contributed by atoms with E-state index < -0.39 is 41.1 Å². The van der Waals surface area contributed by atoms with Crippen molar-refractivity contribution in [1.29, 1.82) is 0 Å². The molecule has 0 heterocycles. The zero-order chi connectivity index (χ0) is 24.7. The lowest BCUT2D eigenvalue weighted by molar-refractivity contribution is -0.130. The van der Waals surface area contributed by atoms with Crippen LogP contribution in [0.25, 0.3) is 0 Å². The molecule has 0 saturated heterocycles. The van der Waals surface area contributed by atoms with Gasteiger partial charge >= 0.3 is 6.09 Å². The number of nitrogens with two attached hydrogens (primary N) is 1. The first kappa shape index (κ1) is 24.1. The molecule has 0 aliphatic heterocycles. The maximum Gasteiger partial charge on any atom is 0.408 e. The van der Waals surface area contributed by atoms with E-state index in [-0.39, 0.29) is 32.8 Å². The number of ether oxygens (including phenoxy) is 1. The molecule has 9 nitrogen and oxygen atoms in total. The van der Waals surface area contributed by atoms with Crippen molar-refractivity contribution in [2.75, 3.05) is 0 Å². The monoisotopic (exact) mass is 471 g/mol. The topological polar surface area (TPSA) is 136 Å². The summed E-state index contributed by atoms with van der Waals surface area (Å²) >= 11 is 6.12. The summed E-state index contributed by atoms with van der Waals surface area (Å²) in [6.45, 7) is 6.28. The van der Waals surface area contributed by atoms with Crippen LogP contribution in [0.4, 0.5) is 4.79 Å². The fraction of sp³-hybridized carbons (Fsp3) is 0.261. The van der Waals surface area contributed by atoms with E-state index in [2.05, 4.69) is 5.32 Å². The Morgan fingerprint density at radius 2 is 1.55 bits per heavy atom. The first-order valence-corrected chi connectivity index (χ1v) is 10.3. The van der Waals surface area contributed by atoms with Crippen molar-refractivity contribution in [3.05, 3.63) is 69.2 Å². The van der Waals surface area contributed by atoms with Crippen LogP contribution in [0.5, 0.6) is 0 Å². The number of benzene rings is 2. The highest BCUT2D eigenvalue weighted by Crippen LogP contribution is 2.33. The van der Waals surface area contributed by atoms with Gasteiger partial charge in [0.2, 0.25) is 0 Å².